The first-order valence-corrected chi connectivity index (χ1v) is 8.08. The number of anilines is 1. The summed E-state index contributed by atoms with van der Waals surface area (Å²) in [6, 6.07) is 8.42. The zero-order valence-electron chi connectivity index (χ0n) is 14.1. The van der Waals surface area contributed by atoms with E-state index in [1.807, 2.05) is 28.5 Å². The first-order valence-electron chi connectivity index (χ1n) is 8.08. The Labute approximate surface area is 159 Å². The molecule has 0 atom stereocenters. The van der Waals surface area contributed by atoms with E-state index in [0.717, 1.165) is 24.8 Å². The third-order valence-electron chi connectivity index (χ3n) is 4.53. The number of ether oxygens (including phenoxy) is 1. The maximum absolute atomic E-state index is 6.22. The Bertz CT molecular complexity index is 862. The summed E-state index contributed by atoms with van der Waals surface area (Å²) in [5.74, 6) is 0.548. The molecule has 1 aliphatic rings. The molecule has 5 nitrogen and oxygen atoms in total. The maximum atomic E-state index is 6.22. The van der Waals surface area contributed by atoms with Gasteiger partial charge in [-0.3, -0.25) is 0 Å². The third-order valence-corrected chi connectivity index (χ3v) is 4.53. The normalized spacial score (nSPS) is 12.4. The van der Waals surface area contributed by atoms with E-state index in [1.54, 1.807) is 0 Å². The minimum Gasteiger partial charge on any atom is -1.00 e. The second-order valence-electron chi connectivity index (χ2n) is 6.15. The Hall–Kier alpha value is -1.98. The zero-order chi connectivity index (χ0) is 15.8. The van der Waals surface area contributed by atoms with E-state index < -0.39 is 0 Å². The molecule has 0 fully saturated rings. The van der Waals surface area contributed by atoms with E-state index in [0.29, 0.717) is 18.2 Å². The molecule has 0 unspecified atom stereocenters. The van der Waals surface area contributed by atoms with Gasteiger partial charge in [-0.2, -0.15) is 0 Å². The molecule has 134 valence electrons. The highest BCUT2D eigenvalue weighted by Gasteiger charge is 2.19. The molecule has 4 rings (SSSR count). The second-order valence-corrected chi connectivity index (χ2v) is 6.15. The van der Waals surface area contributed by atoms with Crippen LogP contribution in [0.3, 0.4) is 0 Å². The topological polar surface area (TPSA) is 56.4 Å². The number of nitrogens with two attached hydrogens (primary N) is 1. The number of rotatable bonds is 4. The average molecular weight is 381 g/mol. The smallest absolute Gasteiger partial charge is 0.257 e. The van der Waals surface area contributed by atoms with Crippen molar-refractivity contribution in [3.05, 3.63) is 53.5 Å². The third kappa shape index (κ3) is 3.67. The molecule has 1 aliphatic carbocycles. The minimum atomic E-state index is 0. The highest BCUT2D eigenvalue weighted by Crippen LogP contribution is 2.30. The van der Waals surface area contributed by atoms with Crippen molar-refractivity contribution in [3.8, 4) is 5.88 Å². The Morgan fingerprint density at radius 2 is 1.96 bits per heavy atom. The number of hydrogen-bond donors (Lipinski definition) is 1. The quantitative estimate of drug-likeness (QED) is 0.607. The summed E-state index contributed by atoms with van der Waals surface area (Å²) in [5.41, 5.74) is 11.7. The molecular weight excluding hydrogens is 359 g/mol. The van der Waals surface area contributed by atoms with Gasteiger partial charge < -0.3 is 22.9 Å². The molecule has 0 amide bonds. The van der Waals surface area contributed by atoms with Gasteiger partial charge in [-0.05, 0) is 36.5 Å². The van der Waals surface area contributed by atoms with Crippen molar-refractivity contribution >= 4 is 23.6 Å². The summed E-state index contributed by atoms with van der Waals surface area (Å²) in [6.45, 7) is 0.573. The number of nitrogens with zero attached hydrogens (tertiary/aromatic N) is 3. The molecule has 3 aromatic heterocycles. The number of fused-ring (bicyclic) bond motifs is 3. The Kier molecular flexibility index (Phi) is 6.14. The van der Waals surface area contributed by atoms with Gasteiger partial charge in [0.2, 0.25) is 0 Å². The van der Waals surface area contributed by atoms with Crippen molar-refractivity contribution in [3.63, 3.8) is 0 Å². The lowest BCUT2D eigenvalue weighted by Crippen LogP contribution is -3.00. The van der Waals surface area contributed by atoms with Crippen molar-refractivity contribution < 1.29 is 21.7 Å². The van der Waals surface area contributed by atoms with E-state index in [-0.39, 0.29) is 24.8 Å². The van der Waals surface area contributed by atoms with Crippen LogP contribution < -0.4 is 27.4 Å². The summed E-state index contributed by atoms with van der Waals surface area (Å²) in [7, 11) is 2.01. The van der Waals surface area contributed by atoms with Crippen molar-refractivity contribution in [1.82, 2.24) is 9.61 Å². The van der Waals surface area contributed by atoms with Crippen molar-refractivity contribution in [2.45, 2.75) is 25.7 Å². The van der Waals surface area contributed by atoms with Crippen LogP contribution in [0.1, 0.15) is 23.2 Å². The van der Waals surface area contributed by atoms with E-state index >= 15 is 0 Å². The molecule has 0 aliphatic heterocycles. The summed E-state index contributed by atoms with van der Waals surface area (Å²) < 4.78 is 9.84. The summed E-state index contributed by atoms with van der Waals surface area (Å²) in [6.07, 6.45) is 8.30. The molecule has 25 heavy (non-hydrogen) atoms. The molecular formula is C18H22Cl2N4O. The predicted molar refractivity (Wildman–Crippen MR) is 95.7 cm³/mol. The van der Waals surface area contributed by atoms with Crippen LogP contribution in [0.25, 0.3) is 5.52 Å². The molecule has 0 saturated heterocycles. The fraction of sp³-hybridized carbons (Fsp3) is 0.333. The van der Waals surface area contributed by atoms with E-state index in [9.17, 15) is 0 Å². The number of halogens is 2. The molecule has 0 aromatic carbocycles. The van der Waals surface area contributed by atoms with Gasteiger partial charge >= 0.3 is 0 Å². The summed E-state index contributed by atoms with van der Waals surface area (Å²) >= 11 is 0. The van der Waals surface area contributed by atoms with Crippen LogP contribution in [0.2, 0.25) is 0 Å². The van der Waals surface area contributed by atoms with Crippen LogP contribution >= 0.6 is 12.4 Å². The molecule has 0 spiro atoms. The van der Waals surface area contributed by atoms with Gasteiger partial charge in [0, 0.05) is 24.2 Å². The molecule has 0 bridgehead atoms. The molecule has 3 aromatic rings. The lowest BCUT2D eigenvalue weighted by Gasteiger charge is -2.03. The molecule has 3 heterocycles. The van der Waals surface area contributed by atoms with Gasteiger partial charge in [0.25, 0.3) is 5.88 Å². The van der Waals surface area contributed by atoms with Crippen molar-refractivity contribution in [2.24, 2.45) is 7.05 Å². The van der Waals surface area contributed by atoms with Crippen LogP contribution in [-0.2, 0) is 26.3 Å². The van der Waals surface area contributed by atoms with E-state index in [2.05, 4.69) is 29.4 Å². The number of nitrogen functional groups attached to an aromatic ring is 1. The van der Waals surface area contributed by atoms with Gasteiger partial charge in [-0.1, -0.05) is 6.07 Å². The van der Waals surface area contributed by atoms with Gasteiger partial charge in [0.15, 0.2) is 12.4 Å². The van der Waals surface area contributed by atoms with Crippen LogP contribution in [0.4, 0.5) is 5.69 Å². The van der Waals surface area contributed by atoms with Gasteiger partial charge in [-0.15, -0.1) is 17.5 Å². The SMILES string of the molecule is C[n+]1ccc(CCOc2nn3c4c(ccc3c2N)CCC4)cc1.Cl.[Cl-]. The van der Waals surface area contributed by atoms with Gasteiger partial charge in [0.05, 0.1) is 12.1 Å². The molecule has 2 N–H and O–H groups in total. The van der Waals surface area contributed by atoms with Crippen LogP contribution in [0, 0.1) is 0 Å². The second kappa shape index (κ2) is 7.93. The first-order chi connectivity index (χ1) is 11.2. The standard InChI is InChI=1S/C18H21N4O.2ClH/c1-21-10-7-13(8-11-21)9-12-23-18-17(19)16-6-5-14-3-2-4-15(14)22(16)20-18;;/h5-8,10-11H,2-4,9,12,19H2,1H3;2*1H/q+1;;/p-1. The zero-order valence-corrected chi connectivity index (χ0v) is 15.7. The maximum Gasteiger partial charge on any atom is 0.257 e. The molecule has 7 heteroatoms. The Balaban J connectivity index is 0.00000113. The lowest BCUT2D eigenvalue weighted by atomic mass is 10.2. The Morgan fingerprint density at radius 1 is 1.20 bits per heavy atom. The van der Waals surface area contributed by atoms with Crippen molar-refractivity contribution in [2.75, 3.05) is 12.3 Å². The predicted octanol–water partition coefficient (Wildman–Crippen LogP) is -0.723. The van der Waals surface area contributed by atoms with Crippen LogP contribution in [-0.4, -0.2) is 16.2 Å². The average Bonchev–Trinajstić information content (AvgIpc) is 3.15. The Morgan fingerprint density at radius 3 is 2.72 bits per heavy atom. The van der Waals surface area contributed by atoms with Gasteiger partial charge in [0.1, 0.15) is 12.7 Å². The van der Waals surface area contributed by atoms with Crippen LogP contribution in [0.15, 0.2) is 36.7 Å². The first kappa shape index (κ1) is 19.3. The fourth-order valence-corrected chi connectivity index (χ4v) is 3.21. The molecule has 0 radical (unpaired) electrons. The lowest BCUT2D eigenvalue weighted by molar-refractivity contribution is -0.671. The highest BCUT2D eigenvalue weighted by atomic mass is 35.5. The number of aromatic nitrogens is 3. The molecule has 0 saturated carbocycles. The highest BCUT2D eigenvalue weighted by molar-refractivity contribution is 5.85. The van der Waals surface area contributed by atoms with Crippen molar-refractivity contribution in [1.29, 1.82) is 0 Å². The monoisotopic (exact) mass is 380 g/mol. The number of pyridine rings is 2. The van der Waals surface area contributed by atoms with E-state index in [1.165, 1.54) is 23.2 Å². The van der Waals surface area contributed by atoms with Gasteiger partial charge in [-0.25, -0.2) is 9.08 Å². The summed E-state index contributed by atoms with van der Waals surface area (Å²) in [5, 5.41) is 4.59. The minimum absolute atomic E-state index is 0. The number of aryl methyl sites for hydroxylation is 3. The fourth-order valence-electron chi connectivity index (χ4n) is 3.21. The largest absolute Gasteiger partial charge is 1.00 e. The van der Waals surface area contributed by atoms with E-state index in [4.69, 9.17) is 10.5 Å². The summed E-state index contributed by atoms with van der Waals surface area (Å²) in [4.78, 5) is 0. The number of hydrogen-bond acceptors (Lipinski definition) is 3. The van der Waals surface area contributed by atoms with Crippen LogP contribution in [0.5, 0.6) is 5.88 Å².